The zero-order chi connectivity index (χ0) is 28.2. The zero-order valence-corrected chi connectivity index (χ0v) is 22.7. The predicted octanol–water partition coefficient (Wildman–Crippen LogP) is 1.45. The van der Waals surface area contributed by atoms with Gasteiger partial charge in [0.15, 0.2) is 0 Å². The quantitative estimate of drug-likeness (QED) is 0.304. The monoisotopic (exact) mass is 520 g/mol. The molecule has 0 saturated carbocycles. The van der Waals surface area contributed by atoms with Crippen LogP contribution in [0.15, 0.2) is 30.3 Å². The van der Waals surface area contributed by atoms with Crippen LogP contribution in [0.3, 0.4) is 0 Å². The first-order valence-corrected chi connectivity index (χ1v) is 12.2. The van der Waals surface area contributed by atoms with Gasteiger partial charge in [-0.3, -0.25) is 14.4 Å². The van der Waals surface area contributed by atoms with Gasteiger partial charge in [-0.15, -0.1) is 0 Å². The van der Waals surface area contributed by atoms with Gasteiger partial charge in [-0.2, -0.15) is 0 Å². The molecule has 1 aromatic carbocycles. The molecular weight excluding hydrogens is 480 g/mol. The number of carbonyl (C=O) groups is 5. The number of ether oxygens (including phenoxy) is 2. The smallest absolute Gasteiger partial charge is 0.408 e. The number of methoxy groups -OCH3 is 1. The molecule has 0 aliphatic heterocycles. The molecule has 0 aromatic heterocycles. The lowest BCUT2D eigenvalue weighted by Gasteiger charge is -2.25. The number of benzene rings is 1. The maximum atomic E-state index is 12.8. The van der Waals surface area contributed by atoms with Crippen molar-refractivity contribution in [2.75, 3.05) is 13.7 Å². The van der Waals surface area contributed by atoms with Gasteiger partial charge in [0.2, 0.25) is 17.7 Å². The fraction of sp³-hybridized carbons (Fsp3) is 0.577. The summed E-state index contributed by atoms with van der Waals surface area (Å²) >= 11 is 0. The van der Waals surface area contributed by atoms with E-state index in [2.05, 4.69) is 21.3 Å². The third-order valence-electron chi connectivity index (χ3n) is 4.99. The highest BCUT2D eigenvalue weighted by atomic mass is 16.6. The Morgan fingerprint density at radius 1 is 0.865 bits per heavy atom. The summed E-state index contributed by atoms with van der Waals surface area (Å²) in [4.78, 5) is 61.9. The van der Waals surface area contributed by atoms with Gasteiger partial charge in [0.1, 0.15) is 23.7 Å². The maximum Gasteiger partial charge on any atom is 0.408 e. The van der Waals surface area contributed by atoms with Crippen molar-refractivity contribution in [3.63, 3.8) is 0 Å². The van der Waals surface area contributed by atoms with Gasteiger partial charge in [0.25, 0.3) is 0 Å². The van der Waals surface area contributed by atoms with Crippen LogP contribution < -0.4 is 21.3 Å². The molecule has 1 rings (SSSR count). The highest BCUT2D eigenvalue weighted by Crippen LogP contribution is 2.10. The molecule has 0 heterocycles. The van der Waals surface area contributed by atoms with Crippen LogP contribution in [0.25, 0.3) is 0 Å². The maximum absolute atomic E-state index is 12.8. The third kappa shape index (κ3) is 12.8. The van der Waals surface area contributed by atoms with Crippen molar-refractivity contribution in [1.29, 1.82) is 0 Å². The second-order valence-electron chi connectivity index (χ2n) is 10.1. The van der Waals surface area contributed by atoms with Crippen molar-refractivity contribution in [3.8, 4) is 0 Å². The first kappa shape index (κ1) is 31.4. The van der Waals surface area contributed by atoms with Gasteiger partial charge in [-0.05, 0) is 45.6 Å². The van der Waals surface area contributed by atoms with Gasteiger partial charge < -0.3 is 30.7 Å². The van der Waals surface area contributed by atoms with E-state index in [0.717, 1.165) is 5.56 Å². The van der Waals surface area contributed by atoms with Crippen LogP contribution in [0.1, 0.15) is 53.5 Å². The molecule has 0 bridgehead atoms. The predicted molar refractivity (Wildman–Crippen MR) is 137 cm³/mol. The number of carbonyl (C=O) groups excluding carboxylic acids is 5. The lowest BCUT2D eigenvalue weighted by atomic mass is 10.0. The fourth-order valence-corrected chi connectivity index (χ4v) is 3.28. The molecule has 3 unspecified atom stereocenters. The molecule has 0 fully saturated rings. The minimum Gasteiger partial charge on any atom is -0.467 e. The van der Waals surface area contributed by atoms with Crippen molar-refractivity contribution < 1.29 is 33.4 Å². The highest BCUT2D eigenvalue weighted by molar-refractivity contribution is 5.93. The summed E-state index contributed by atoms with van der Waals surface area (Å²) in [6, 6.07) is 6.28. The number of amides is 4. The molecule has 4 amide bonds. The second kappa shape index (κ2) is 14.8. The van der Waals surface area contributed by atoms with E-state index in [4.69, 9.17) is 9.47 Å². The van der Waals surface area contributed by atoms with Crippen LogP contribution in [0, 0.1) is 5.92 Å². The molecule has 3 atom stereocenters. The molecule has 0 saturated heterocycles. The van der Waals surface area contributed by atoms with E-state index in [0.29, 0.717) is 6.42 Å². The van der Waals surface area contributed by atoms with E-state index in [1.165, 1.54) is 14.0 Å². The summed E-state index contributed by atoms with van der Waals surface area (Å²) in [5.41, 5.74) is 0.0968. The first-order valence-electron chi connectivity index (χ1n) is 12.2. The van der Waals surface area contributed by atoms with E-state index in [-0.39, 0.29) is 12.3 Å². The molecule has 0 aliphatic carbocycles. The number of alkyl carbamates (subject to hydrolysis) is 1. The Balaban J connectivity index is 2.65. The molecule has 11 heteroatoms. The van der Waals surface area contributed by atoms with Crippen molar-refractivity contribution in [1.82, 2.24) is 21.3 Å². The number of esters is 1. The van der Waals surface area contributed by atoms with Gasteiger partial charge in [0, 0.05) is 6.42 Å². The Labute approximate surface area is 218 Å². The molecule has 4 N–H and O–H groups in total. The van der Waals surface area contributed by atoms with Gasteiger partial charge in [0.05, 0.1) is 13.7 Å². The minimum absolute atomic E-state index is 0.0807. The van der Waals surface area contributed by atoms with Crippen LogP contribution in [-0.4, -0.2) is 67.2 Å². The molecule has 206 valence electrons. The average molecular weight is 521 g/mol. The first-order chi connectivity index (χ1) is 17.2. The van der Waals surface area contributed by atoms with Crippen molar-refractivity contribution in [2.45, 2.75) is 78.1 Å². The van der Waals surface area contributed by atoms with Gasteiger partial charge in [-0.1, -0.05) is 44.2 Å². The van der Waals surface area contributed by atoms with Crippen molar-refractivity contribution >= 4 is 29.8 Å². The van der Waals surface area contributed by atoms with Crippen LogP contribution in [0.4, 0.5) is 4.79 Å². The van der Waals surface area contributed by atoms with Crippen LogP contribution in [0.2, 0.25) is 0 Å². The lowest BCUT2D eigenvalue weighted by Crippen LogP contribution is -2.54. The fourth-order valence-electron chi connectivity index (χ4n) is 3.28. The Kier molecular flexibility index (Phi) is 12.6. The average Bonchev–Trinajstić information content (AvgIpc) is 2.80. The SMILES string of the molecule is COC(=O)C(Cc1ccccc1)NC(=O)CNC(=O)C(C)NC(=O)C(CC(C)C)NC(=O)OC(C)(C)C. The zero-order valence-electron chi connectivity index (χ0n) is 22.7. The Morgan fingerprint density at radius 2 is 1.49 bits per heavy atom. The van der Waals surface area contributed by atoms with Gasteiger partial charge in [-0.25, -0.2) is 9.59 Å². The Hall–Kier alpha value is -3.63. The van der Waals surface area contributed by atoms with E-state index in [9.17, 15) is 24.0 Å². The van der Waals surface area contributed by atoms with E-state index < -0.39 is 60.1 Å². The number of hydrogen-bond donors (Lipinski definition) is 4. The Morgan fingerprint density at radius 3 is 2.03 bits per heavy atom. The van der Waals surface area contributed by atoms with Crippen molar-refractivity contribution in [3.05, 3.63) is 35.9 Å². The summed E-state index contributed by atoms with van der Waals surface area (Å²) in [5, 5.41) is 10.1. The molecule has 0 radical (unpaired) electrons. The molecule has 11 nitrogen and oxygen atoms in total. The number of nitrogens with one attached hydrogen (secondary N) is 4. The highest BCUT2D eigenvalue weighted by Gasteiger charge is 2.28. The normalized spacial score (nSPS) is 13.5. The van der Waals surface area contributed by atoms with Crippen molar-refractivity contribution in [2.24, 2.45) is 5.92 Å². The third-order valence-corrected chi connectivity index (χ3v) is 4.99. The van der Waals surface area contributed by atoms with E-state index in [1.807, 2.05) is 44.2 Å². The largest absolute Gasteiger partial charge is 0.467 e. The second-order valence-corrected chi connectivity index (χ2v) is 10.1. The minimum atomic E-state index is -0.990. The topological polar surface area (TPSA) is 152 Å². The van der Waals surface area contributed by atoms with E-state index in [1.54, 1.807) is 20.8 Å². The molecule has 37 heavy (non-hydrogen) atoms. The summed E-state index contributed by atoms with van der Waals surface area (Å²) in [7, 11) is 1.23. The van der Waals surface area contributed by atoms with Crippen LogP contribution in [-0.2, 0) is 35.1 Å². The number of rotatable bonds is 12. The summed E-state index contributed by atoms with van der Waals surface area (Å²) in [5.74, 6) is -2.29. The summed E-state index contributed by atoms with van der Waals surface area (Å²) < 4.78 is 9.99. The lowest BCUT2D eigenvalue weighted by molar-refractivity contribution is -0.145. The van der Waals surface area contributed by atoms with E-state index >= 15 is 0 Å². The molecular formula is C26H40N4O7. The number of hydrogen-bond acceptors (Lipinski definition) is 7. The van der Waals surface area contributed by atoms with Crippen LogP contribution in [0.5, 0.6) is 0 Å². The molecule has 0 spiro atoms. The molecule has 0 aliphatic rings. The van der Waals surface area contributed by atoms with Gasteiger partial charge >= 0.3 is 12.1 Å². The summed E-state index contributed by atoms with van der Waals surface area (Å²) in [6.45, 7) is 9.96. The standard InChI is InChI=1S/C26H40N4O7/c1-16(2)13-19(30-25(35)37-26(4,5)6)23(33)28-17(3)22(32)27-15-21(31)29-20(24(34)36-7)14-18-11-9-8-10-12-18/h8-12,16-17,19-20H,13-15H2,1-7H3,(H,27,32)(H,28,33)(H,29,31)(H,30,35). The van der Waals surface area contributed by atoms with Crippen LogP contribution >= 0.6 is 0 Å². The Bertz CT molecular complexity index is 929. The summed E-state index contributed by atoms with van der Waals surface area (Å²) in [6.07, 6.45) is -0.183. The molecule has 1 aromatic rings.